The van der Waals surface area contributed by atoms with E-state index >= 15 is 0 Å². The summed E-state index contributed by atoms with van der Waals surface area (Å²) in [4.78, 5) is 27.1. The summed E-state index contributed by atoms with van der Waals surface area (Å²) in [5, 5.41) is 3.00. The van der Waals surface area contributed by atoms with Gasteiger partial charge in [-0.05, 0) is 48.4 Å². The average Bonchev–Trinajstić information content (AvgIpc) is 3.41. The number of fused-ring (bicyclic) bond motifs is 6. The lowest BCUT2D eigenvalue weighted by Crippen LogP contribution is -2.50. The molecule has 1 N–H and O–H groups in total. The molecule has 2 aliphatic rings. The molecule has 216 valence electrons. The van der Waals surface area contributed by atoms with E-state index in [1.807, 2.05) is 22.8 Å². The van der Waals surface area contributed by atoms with E-state index in [0.29, 0.717) is 29.0 Å². The van der Waals surface area contributed by atoms with Gasteiger partial charge in [0.1, 0.15) is 30.6 Å². The van der Waals surface area contributed by atoms with Crippen LogP contribution < -0.4 is 5.32 Å². The maximum atomic E-state index is 13.0. The molecule has 9 nitrogen and oxygen atoms in total. The molecule has 0 radical (unpaired) electrons. The molecular weight excluding hydrogens is 539 g/mol. The summed E-state index contributed by atoms with van der Waals surface area (Å²) in [5.41, 5.74) is 1.70. The van der Waals surface area contributed by atoms with Crippen LogP contribution in [0.15, 0.2) is 36.7 Å². The lowest BCUT2D eigenvalue weighted by Gasteiger charge is -2.44. The van der Waals surface area contributed by atoms with Crippen molar-refractivity contribution in [3.8, 4) is 0 Å². The van der Waals surface area contributed by atoms with E-state index < -0.39 is 22.7 Å². The first kappa shape index (κ1) is 29.1. The van der Waals surface area contributed by atoms with E-state index in [0.717, 1.165) is 5.82 Å². The highest BCUT2D eigenvalue weighted by Crippen LogP contribution is 2.51. The Morgan fingerprint density at radius 1 is 0.975 bits per heavy atom. The SMILES string of the molecule is CC(C)(C)[Si](C)(C)O[C@H]1C[C@H]2O[C@@H]1[C@@H](O[Si](C)(C)C(C)(C)C)c1nc3c(NC(=O)c4ccccc4)ncnc3n12. The summed E-state index contributed by atoms with van der Waals surface area (Å²) in [6.07, 6.45) is 1.03. The Labute approximate surface area is 239 Å². The summed E-state index contributed by atoms with van der Waals surface area (Å²) >= 11 is 0. The Morgan fingerprint density at radius 2 is 1.60 bits per heavy atom. The van der Waals surface area contributed by atoms with Crippen LogP contribution in [0.2, 0.25) is 36.3 Å². The van der Waals surface area contributed by atoms with Crippen LogP contribution >= 0.6 is 0 Å². The standard InChI is InChI=1S/C29H43N5O4Si2/c1-28(2,3)39(7,8)37-19-16-20-34-25-21(24(30-17-31-25)33-27(35)18-14-12-11-13-15-18)32-26(34)23(22(19)36-20)38-40(9,10)29(4,5)6/h11-15,17,19-20,22-23H,16H2,1-10H3,(H,30,31,33,35)/t19-,20+,22-,23+/m0/s1. The number of nitrogens with one attached hydrogen (secondary N) is 1. The maximum Gasteiger partial charge on any atom is 0.256 e. The molecule has 0 unspecified atom stereocenters. The number of imidazole rings is 1. The molecule has 2 aliphatic heterocycles. The lowest BCUT2D eigenvalue weighted by atomic mass is 10.1. The van der Waals surface area contributed by atoms with Crippen molar-refractivity contribution in [1.82, 2.24) is 19.5 Å². The van der Waals surface area contributed by atoms with E-state index in [-0.39, 0.29) is 34.4 Å². The second kappa shape index (κ2) is 9.83. The monoisotopic (exact) mass is 581 g/mol. The second-order valence-electron chi connectivity index (χ2n) is 14.1. The largest absolute Gasteiger partial charge is 0.411 e. The van der Waals surface area contributed by atoms with Crippen LogP contribution in [0.5, 0.6) is 0 Å². The molecule has 2 aromatic heterocycles. The van der Waals surface area contributed by atoms with Crippen LogP contribution in [0.25, 0.3) is 11.2 Å². The number of aromatic nitrogens is 4. The number of hydrogen-bond acceptors (Lipinski definition) is 7. The smallest absolute Gasteiger partial charge is 0.256 e. The zero-order valence-electron chi connectivity index (χ0n) is 25.4. The van der Waals surface area contributed by atoms with Crippen molar-refractivity contribution in [1.29, 1.82) is 0 Å². The highest BCUT2D eigenvalue weighted by molar-refractivity contribution is 6.74. The number of hydrogen-bond donors (Lipinski definition) is 1. The Hall–Kier alpha value is -2.45. The van der Waals surface area contributed by atoms with Gasteiger partial charge in [-0.1, -0.05) is 59.7 Å². The van der Waals surface area contributed by atoms with Gasteiger partial charge in [0.05, 0.1) is 6.10 Å². The van der Waals surface area contributed by atoms with Crippen molar-refractivity contribution in [3.63, 3.8) is 0 Å². The predicted octanol–water partition coefficient (Wildman–Crippen LogP) is 6.83. The van der Waals surface area contributed by atoms with Gasteiger partial charge >= 0.3 is 0 Å². The first-order chi connectivity index (χ1) is 18.5. The summed E-state index contributed by atoms with van der Waals surface area (Å²) in [6.45, 7) is 22.5. The van der Waals surface area contributed by atoms with Gasteiger partial charge in [0.2, 0.25) is 0 Å². The fraction of sp³-hybridized carbons (Fsp3) is 0.586. The fourth-order valence-electron chi connectivity index (χ4n) is 4.79. The minimum atomic E-state index is -2.24. The zero-order chi connectivity index (χ0) is 29.3. The molecule has 4 atom stereocenters. The molecule has 5 rings (SSSR count). The third-order valence-corrected chi connectivity index (χ3v) is 18.2. The maximum absolute atomic E-state index is 13.0. The highest BCUT2D eigenvalue weighted by atomic mass is 28.4. The Balaban J connectivity index is 1.57. The third kappa shape index (κ3) is 5.06. The molecule has 1 fully saturated rings. The number of ether oxygens (including phenoxy) is 1. The molecular formula is C29H43N5O4Si2. The number of benzene rings is 1. The Bertz CT molecular complexity index is 1410. The lowest BCUT2D eigenvalue weighted by molar-refractivity contribution is -0.103. The summed E-state index contributed by atoms with van der Waals surface area (Å²) < 4.78 is 22.8. The van der Waals surface area contributed by atoms with E-state index in [2.05, 4.69) is 83.0 Å². The zero-order valence-corrected chi connectivity index (χ0v) is 27.4. The molecule has 2 bridgehead atoms. The topological polar surface area (TPSA) is 100 Å². The van der Waals surface area contributed by atoms with Crippen LogP contribution in [-0.4, -0.2) is 54.3 Å². The number of carbonyl (C=O) groups excluding carboxylic acids is 1. The number of nitrogens with zero attached hydrogens (tertiary/aromatic N) is 4. The average molecular weight is 582 g/mol. The van der Waals surface area contributed by atoms with Crippen molar-refractivity contribution in [2.45, 2.75) is 109 Å². The molecule has 1 aromatic carbocycles. The number of carbonyl (C=O) groups is 1. The summed E-state index contributed by atoms with van der Waals surface area (Å²) in [6, 6.07) is 9.08. The van der Waals surface area contributed by atoms with Gasteiger partial charge in [0.25, 0.3) is 5.91 Å². The van der Waals surface area contributed by atoms with Crippen LogP contribution in [-0.2, 0) is 13.6 Å². The quantitative estimate of drug-likeness (QED) is 0.318. The number of rotatable bonds is 6. The van der Waals surface area contributed by atoms with E-state index in [4.69, 9.17) is 18.6 Å². The van der Waals surface area contributed by atoms with Gasteiger partial charge in [0, 0.05) is 12.0 Å². The summed E-state index contributed by atoms with van der Waals surface area (Å²) in [5.74, 6) is 0.885. The summed E-state index contributed by atoms with van der Waals surface area (Å²) in [7, 11) is -4.32. The van der Waals surface area contributed by atoms with Crippen LogP contribution in [0, 0.1) is 0 Å². The first-order valence-electron chi connectivity index (χ1n) is 14.1. The number of amides is 1. The number of anilines is 1. The van der Waals surface area contributed by atoms with Crippen LogP contribution in [0.1, 0.15) is 76.5 Å². The van der Waals surface area contributed by atoms with Crippen molar-refractivity contribution in [3.05, 3.63) is 48.0 Å². The molecule has 1 amide bonds. The fourth-order valence-corrected chi connectivity index (χ4v) is 7.36. The first-order valence-corrected chi connectivity index (χ1v) is 19.9. The van der Waals surface area contributed by atoms with Crippen molar-refractivity contribution < 1.29 is 18.4 Å². The van der Waals surface area contributed by atoms with Crippen molar-refractivity contribution in [2.24, 2.45) is 0 Å². The second-order valence-corrected chi connectivity index (χ2v) is 23.6. The van der Waals surface area contributed by atoms with Gasteiger partial charge in [-0.3, -0.25) is 9.36 Å². The predicted molar refractivity (Wildman–Crippen MR) is 161 cm³/mol. The normalized spacial score (nSPS) is 23.4. The molecule has 0 aliphatic carbocycles. The molecule has 0 saturated carbocycles. The Morgan fingerprint density at radius 3 is 2.23 bits per heavy atom. The van der Waals surface area contributed by atoms with E-state index in [1.165, 1.54) is 6.33 Å². The van der Waals surface area contributed by atoms with Gasteiger partial charge in [-0.25, -0.2) is 15.0 Å². The molecule has 4 heterocycles. The van der Waals surface area contributed by atoms with Crippen LogP contribution in [0.3, 0.4) is 0 Å². The van der Waals surface area contributed by atoms with E-state index in [1.54, 1.807) is 12.1 Å². The van der Waals surface area contributed by atoms with Crippen molar-refractivity contribution in [2.75, 3.05) is 5.32 Å². The van der Waals surface area contributed by atoms with Gasteiger partial charge in [-0.15, -0.1) is 0 Å². The van der Waals surface area contributed by atoms with Gasteiger partial charge in [-0.2, -0.15) is 0 Å². The molecule has 3 aromatic rings. The minimum absolute atomic E-state index is 0.0102. The molecule has 40 heavy (non-hydrogen) atoms. The van der Waals surface area contributed by atoms with E-state index in [9.17, 15) is 4.79 Å². The minimum Gasteiger partial charge on any atom is -0.411 e. The third-order valence-electron chi connectivity index (χ3n) is 9.21. The highest BCUT2D eigenvalue weighted by Gasteiger charge is 2.55. The molecule has 1 saturated heterocycles. The molecule has 0 spiro atoms. The van der Waals surface area contributed by atoms with Crippen LogP contribution in [0.4, 0.5) is 5.82 Å². The Kier molecular flexibility index (Phi) is 7.14. The molecule has 11 heteroatoms. The van der Waals surface area contributed by atoms with Gasteiger partial charge in [0.15, 0.2) is 33.6 Å². The van der Waals surface area contributed by atoms with Crippen molar-refractivity contribution >= 4 is 39.5 Å². The van der Waals surface area contributed by atoms with Gasteiger partial charge < -0.3 is 18.9 Å².